The van der Waals surface area contributed by atoms with E-state index >= 15 is 0 Å². The average Bonchev–Trinajstić information content (AvgIpc) is 3.05. The van der Waals surface area contributed by atoms with Gasteiger partial charge in [-0.1, -0.05) is 30.3 Å². The molecule has 2 amide bonds. The molecule has 8 heteroatoms. The molecule has 2 atom stereocenters. The monoisotopic (exact) mass is 357 g/mol. The molecule has 2 aromatic rings. The molecule has 0 spiro atoms. The van der Waals surface area contributed by atoms with Crippen molar-refractivity contribution in [3.05, 3.63) is 47.5 Å². The number of ether oxygens (including phenoxy) is 1. The van der Waals surface area contributed by atoms with Crippen LogP contribution < -0.4 is 5.32 Å². The van der Waals surface area contributed by atoms with Gasteiger partial charge in [0.1, 0.15) is 12.4 Å². The third kappa shape index (κ3) is 3.75. The molecule has 2 N–H and O–H groups in total. The lowest BCUT2D eigenvalue weighted by Gasteiger charge is -2.42. The van der Waals surface area contributed by atoms with Crippen molar-refractivity contribution in [3.8, 4) is 0 Å². The Morgan fingerprint density at radius 2 is 2.12 bits per heavy atom. The normalized spacial score (nSPS) is 20.5. The van der Waals surface area contributed by atoms with E-state index in [2.05, 4.69) is 20.5 Å². The standard InChI is InChI=1S/C18H23N5O3/c1-11(2)23-15(24)10-26-17(16(23)13-7-5-4-6-8-13)18(25)19-9-14-20-12(3)21-22-14/h4-8,11,16-17H,9-10H2,1-3H3,(H,19,25)(H,20,21,22)/t16-,17+/m1/s1. The molecule has 1 aliphatic rings. The third-order valence-corrected chi connectivity index (χ3v) is 4.28. The lowest BCUT2D eigenvalue weighted by Crippen LogP contribution is -2.56. The van der Waals surface area contributed by atoms with E-state index in [9.17, 15) is 9.59 Å². The Morgan fingerprint density at radius 1 is 1.38 bits per heavy atom. The van der Waals surface area contributed by atoms with Crippen LogP contribution in [0, 0.1) is 6.92 Å². The summed E-state index contributed by atoms with van der Waals surface area (Å²) in [5.41, 5.74) is 0.864. The first-order valence-corrected chi connectivity index (χ1v) is 8.60. The molecule has 3 rings (SSSR count). The van der Waals surface area contributed by atoms with Crippen molar-refractivity contribution in [2.75, 3.05) is 6.61 Å². The topological polar surface area (TPSA) is 100 Å². The smallest absolute Gasteiger partial charge is 0.252 e. The molecule has 1 fully saturated rings. The van der Waals surface area contributed by atoms with Crippen molar-refractivity contribution in [2.24, 2.45) is 0 Å². The number of benzene rings is 1. The number of hydrogen-bond acceptors (Lipinski definition) is 5. The molecule has 26 heavy (non-hydrogen) atoms. The van der Waals surface area contributed by atoms with Gasteiger partial charge in [0.25, 0.3) is 5.91 Å². The molecule has 1 saturated heterocycles. The number of aryl methyl sites for hydroxylation is 1. The van der Waals surface area contributed by atoms with Crippen LogP contribution in [-0.2, 0) is 20.9 Å². The first kappa shape index (κ1) is 18.1. The number of nitrogens with zero attached hydrogens (tertiary/aromatic N) is 3. The van der Waals surface area contributed by atoms with Gasteiger partial charge in [-0.25, -0.2) is 4.98 Å². The number of aromatic nitrogens is 3. The molecular formula is C18H23N5O3. The van der Waals surface area contributed by atoms with Crippen LogP contribution in [0.3, 0.4) is 0 Å². The summed E-state index contributed by atoms with van der Waals surface area (Å²) in [6.45, 7) is 5.74. The SMILES string of the molecule is Cc1nc(CNC(=O)[C@H]2OCC(=O)N(C(C)C)[C@@H]2c2ccccc2)n[nH]1. The summed E-state index contributed by atoms with van der Waals surface area (Å²) in [6.07, 6.45) is -0.794. The fraction of sp³-hybridized carbons (Fsp3) is 0.444. The summed E-state index contributed by atoms with van der Waals surface area (Å²) in [6, 6.07) is 8.95. The molecule has 8 nitrogen and oxygen atoms in total. The van der Waals surface area contributed by atoms with Crippen molar-refractivity contribution in [3.63, 3.8) is 0 Å². The molecule has 1 aliphatic heterocycles. The maximum atomic E-state index is 12.8. The van der Waals surface area contributed by atoms with Crippen molar-refractivity contribution < 1.29 is 14.3 Å². The molecule has 0 saturated carbocycles. The van der Waals surface area contributed by atoms with E-state index < -0.39 is 12.1 Å². The minimum atomic E-state index is -0.794. The van der Waals surface area contributed by atoms with E-state index in [1.807, 2.05) is 44.2 Å². The predicted molar refractivity (Wildman–Crippen MR) is 93.9 cm³/mol. The maximum absolute atomic E-state index is 12.8. The highest BCUT2D eigenvalue weighted by Gasteiger charge is 2.42. The van der Waals surface area contributed by atoms with Crippen LogP contribution in [0.4, 0.5) is 0 Å². The van der Waals surface area contributed by atoms with E-state index in [0.717, 1.165) is 5.56 Å². The van der Waals surface area contributed by atoms with Gasteiger partial charge in [-0.3, -0.25) is 14.7 Å². The Kier molecular flexibility index (Phi) is 5.32. The van der Waals surface area contributed by atoms with Crippen LogP contribution in [0.2, 0.25) is 0 Å². The minimum absolute atomic E-state index is 0.0532. The number of morpholine rings is 1. The zero-order chi connectivity index (χ0) is 18.7. The average molecular weight is 357 g/mol. The van der Waals surface area contributed by atoms with Gasteiger partial charge in [0.05, 0.1) is 12.6 Å². The van der Waals surface area contributed by atoms with Crippen LogP contribution in [0.15, 0.2) is 30.3 Å². The number of carbonyl (C=O) groups is 2. The molecule has 0 radical (unpaired) electrons. The minimum Gasteiger partial charge on any atom is -0.356 e. The van der Waals surface area contributed by atoms with Crippen LogP contribution >= 0.6 is 0 Å². The van der Waals surface area contributed by atoms with Gasteiger partial charge in [0, 0.05) is 6.04 Å². The summed E-state index contributed by atoms with van der Waals surface area (Å²) < 4.78 is 5.64. The highest BCUT2D eigenvalue weighted by Crippen LogP contribution is 2.32. The Bertz CT molecular complexity index is 774. The Morgan fingerprint density at radius 3 is 2.73 bits per heavy atom. The Balaban J connectivity index is 1.82. The summed E-state index contributed by atoms with van der Waals surface area (Å²) >= 11 is 0. The Hall–Kier alpha value is -2.74. The van der Waals surface area contributed by atoms with E-state index in [4.69, 9.17) is 4.74 Å². The first-order valence-electron chi connectivity index (χ1n) is 8.60. The highest BCUT2D eigenvalue weighted by atomic mass is 16.5. The summed E-state index contributed by atoms with van der Waals surface area (Å²) in [5, 5.41) is 9.56. The van der Waals surface area contributed by atoms with Crippen LogP contribution in [0.5, 0.6) is 0 Å². The fourth-order valence-corrected chi connectivity index (χ4v) is 3.18. The summed E-state index contributed by atoms with van der Waals surface area (Å²) in [7, 11) is 0. The van der Waals surface area contributed by atoms with E-state index in [1.54, 1.807) is 11.8 Å². The zero-order valence-electron chi connectivity index (χ0n) is 15.1. The van der Waals surface area contributed by atoms with Crippen molar-refractivity contribution in [1.82, 2.24) is 25.4 Å². The van der Waals surface area contributed by atoms with Crippen molar-refractivity contribution in [1.29, 1.82) is 0 Å². The van der Waals surface area contributed by atoms with Gasteiger partial charge in [-0.05, 0) is 26.3 Å². The molecule has 1 aromatic carbocycles. The maximum Gasteiger partial charge on any atom is 0.252 e. The second-order valence-corrected chi connectivity index (χ2v) is 6.54. The first-order chi connectivity index (χ1) is 12.5. The lowest BCUT2D eigenvalue weighted by molar-refractivity contribution is -0.167. The van der Waals surface area contributed by atoms with Crippen LogP contribution in [0.25, 0.3) is 0 Å². The molecule has 0 bridgehead atoms. The van der Waals surface area contributed by atoms with E-state index in [0.29, 0.717) is 11.6 Å². The van der Waals surface area contributed by atoms with Gasteiger partial charge < -0.3 is 15.0 Å². The molecule has 1 aromatic heterocycles. The molecule has 0 aliphatic carbocycles. The van der Waals surface area contributed by atoms with Gasteiger partial charge in [-0.2, -0.15) is 5.10 Å². The Labute approximate surface area is 151 Å². The van der Waals surface area contributed by atoms with Gasteiger partial charge in [-0.15, -0.1) is 0 Å². The number of rotatable bonds is 5. The number of nitrogens with one attached hydrogen (secondary N) is 2. The second kappa shape index (κ2) is 7.65. The van der Waals surface area contributed by atoms with Gasteiger partial charge >= 0.3 is 0 Å². The largest absolute Gasteiger partial charge is 0.356 e. The molecule has 0 unspecified atom stereocenters. The third-order valence-electron chi connectivity index (χ3n) is 4.28. The number of H-pyrrole nitrogens is 1. The fourth-order valence-electron chi connectivity index (χ4n) is 3.18. The summed E-state index contributed by atoms with van der Waals surface area (Å²) in [4.78, 5) is 31.1. The number of amides is 2. The van der Waals surface area contributed by atoms with Crippen LogP contribution in [0.1, 0.15) is 37.1 Å². The number of carbonyl (C=O) groups excluding carboxylic acids is 2. The number of hydrogen-bond donors (Lipinski definition) is 2. The van der Waals surface area contributed by atoms with Gasteiger partial charge in [0.2, 0.25) is 5.91 Å². The zero-order valence-corrected chi connectivity index (χ0v) is 15.1. The number of aromatic amines is 1. The van der Waals surface area contributed by atoms with Gasteiger partial charge in [0.15, 0.2) is 11.9 Å². The van der Waals surface area contributed by atoms with Crippen LogP contribution in [-0.4, -0.2) is 50.6 Å². The van der Waals surface area contributed by atoms with E-state index in [-0.39, 0.29) is 31.0 Å². The summed E-state index contributed by atoms with van der Waals surface area (Å²) in [5.74, 6) is 0.767. The molecular weight excluding hydrogens is 334 g/mol. The van der Waals surface area contributed by atoms with E-state index in [1.165, 1.54) is 0 Å². The van der Waals surface area contributed by atoms with Crippen molar-refractivity contribution in [2.45, 2.75) is 45.5 Å². The predicted octanol–water partition coefficient (Wildman–Crippen LogP) is 1.11. The quantitative estimate of drug-likeness (QED) is 0.835. The molecule has 138 valence electrons. The second-order valence-electron chi connectivity index (χ2n) is 6.54. The van der Waals surface area contributed by atoms with Crippen molar-refractivity contribution >= 4 is 11.8 Å². The highest BCUT2D eigenvalue weighted by molar-refractivity contribution is 5.86. The molecule has 2 heterocycles. The lowest BCUT2D eigenvalue weighted by atomic mass is 9.96.